The monoisotopic (exact) mass is 254 g/mol. The number of unbranched alkanes of at least 4 members (excludes halogenated alkanes) is 1. The van der Waals surface area contributed by atoms with E-state index in [1.807, 2.05) is 0 Å². The molecule has 0 aliphatic rings. The minimum atomic E-state index is -1.11. The second-order valence-electron chi connectivity index (χ2n) is 3.50. The van der Waals surface area contributed by atoms with Crippen LogP contribution in [-0.2, 0) is 0 Å². The maximum Gasteiger partial charge on any atom is 0.365 e. The highest BCUT2D eigenvalue weighted by Crippen LogP contribution is 2.11. The molecule has 0 radical (unpaired) electrons. The Bertz CT molecular complexity index is 428. The van der Waals surface area contributed by atoms with Crippen LogP contribution in [0.15, 0.2) is 18.0 Å². The predicted molar refractivity (Wildman–Crippen MR) is 65.5 cm³/mol. The molecule has 0 aliphatic heterocycles. The van der Waals surface area contributed by atoms with Crippen LogP contribution in [0.1, 0.15) is 33.1 Å². The summed E-state index contributed by atoms with van der Waals surface area (Å²) in [6.45, 7) is 4.21. The number of amides is 1. The molecule has 6 heteroatoms. The molecule has 92 valence electrons. The average molecular weight is 254 g/mol. The molecule has 1 N–H and O–H groups in total. The average Bonchev–Trinajstić information content (AvgIpc) is 2.77. The number of hydrogen-bond acceptors (Lipinski definition) is 4. The first kappa shape index (κ1) is 13.4. The predicted octanol–water partition coefficient (Wildman–Crippen LogP) is 1.88. The van der Waals surface area contributed by atoms with Crippen molar-refractivity contribution >= 4 is 23.2 Å². The zero-order chi connectivity index (χ0) is 12.8. The van der Waals surface area contributed by atoms with Crippen molar-refractivity contribution in [3.8, 4) is 0 Å². The van der Waals surface area contributed by atoms with Crippen molar-refractivity contribution in [3.63, 3.8) is 0 Å². The molecule has 1 aromatic rings. The zero-order valence-corrected chi connectivity index (χ0v) is 10.4. The third-order valence-corrected chi connectivity index (χ3v) is 2.99. The topological polar surface area (TPSA) is 70.5 Å². The van der Waals surface area contributed by atoms with E-state index < -0.39 is 5.97 Å². The summed E-state index contributed by atoms with van der Waals surface area (Å²) in [5.74, 6) is -1.36. The Hall–Kier alpha value is -1.69. The lowest BCUT2D eigenvalue weighted by molar-refractivity contribution is 0.0696. The fraction of sp³-hybridized carbons (Fsp3) is 0.364. The van der Waals surface area contributed by atoms with E-state index in [9.17, 15) is 9.59 Å². The maximum absolute atomic E-state index is 11.8. The number of aromatic nitrogens is 1. The van der Waals surface area contributed by atoms with Gasteiger partial charge in [-0.2, -0.15) is 0 Å². The number of carboxylic acid groups (broad SMARTS) is 1. The number of carbonyl (C=O) groups is 2. The van der Waals surface area contributed by atoms with Crippen molar-refractivity contribution < 1.29 is 14.7 Å². The van der Waals surface area contributed by atoms with Crippen molar-refractivity contribution in [1.29, 1.82) is 0 Å². The molecule has 17 heavy (non-hydrogen) atoms. The number of aromatic carboxylic acids is 1. The van der Waals surface area contributed by atoms with Crippen molar-refractivity contribution in [2.24, 2.45) is 0 Å². The van der Waals surface area contributed by atoms with E-state index in [2.05, 4.69) is 11.6 Å². The Morgan fingerprint density at radius 1 is 1.65 bits per heavy atom. The summed E-state index contributed by atoms with van der Waals surface area (Å²) in [4.78, 5) is 27.8. The van der Waals surface area contributed by atoms with Crippen LogP contribution in [0, 0.1) is 0 Å². The summed E-state index contributed by atoms with van der Waals surface area (Å²) in [5, 5.41) is 10.1. The number of allylic oxidation sites excluding steroid dienone is 1. The smallest absolute Gasteiger partial charge is 0.365 e. The highest BCUT2D eigenvalue weighted by atomic mass is 32.1. The van der Waals surface area contributed by atoms with Gasteiger partial charge >= 0.3 is 5.97 Å². The first-order chi connectivity index (χ1) is 8.06. The highest BCUT2D eigenvalue weighted by Gasteiger charge is 2.17. The van der Waals surface area contributed by atoms with Crippen LogP contribution in [0.5, 0.6) is 0 Å². The van der Waals surface area contributed by atoms with Crippen LogP contribution >= 0.6 is 11.3 Å². The van der Waals surface area contributed by atoms with Crippen LogP contribution in [0.25, 0.3) is 0 Å². The molecule has 0 atom stereocenters. The first-order valence-corrected chi connectivity index (χ1v) is 5.99. The third kappa shape index (κ3) is 3.67. The summed E-state index contributed by atoms with van der Waals surface area (Å²) in [6, 6.07) is 0. The second-order valence-corrected chi connectivity index (χ2v) is 4.36. The fourth-order valence-corrected chi connectivity index (χ4v) is 1.87. The lowest BCUT2D eigenvalue weighted by atomic mass is 10.3. The molecule has 0 saturated carbocycles. The van der Waals surface area contributed by atoms with Crippen molar-refractivity contribution in [1.82, 2.24) is 9.88 Å². The highest BCUT2D eigenvalue weighted by molar-refractivity contribution is 7.11. The molecule has 5 nitrogen and oxygen atoms in total. The van der Waals surface area contributed by atoms with Gasteiger partial charge in [0.15, 0.2) is 0 Å². The summed E-state index contributed by atoms with van der Waals surface area (Å²) >= 11 is 0.957. The summed E-state index contributed by atoms with van der Waals surface area (Å²) < 4.78 is 0. The third-order valence-electron chi connectivity index (χ3n) is 2.15. The van der Waals surface area contributed by atoms with Gasteiger partial charge in [-0.3, -0.25) is 4.79 Å². The molecule has 0 saturated heterocycles. The van der Waals surface area contributed by atoms with Gasteiger partial charge in [-0.1, -0.05) is 6.08 Å². The molecule has 0 bridgehead atoms. The Morgan fingerprint density at radius 3 is 2.88 bits per heavy atom. The molecule has 0 aliphatic carbocycles. The molecule has 0 aromatic carbocycles. The van der Waals surface area contributed by atoms with Gasteiger partial charge in [0.05, 0.1) is 0 Å². The van der Waals surface area contributed by atoms with Crippen molar-refractivity contribution in [2.45, 2.75) is 12.8 Å². The molecule has 0 fully saturated rings. The first-order valence-electron chi connectivity index (χ1n) is 5.11. The van der Waals surface area contributed by atoms with Gasteiger partial charge in [-0.15, -0.1) is 17.9 Å². The second kappa shape index (κ2) is 6.15. The largest absolute Gasteiger partial charge is 0.476 e. The lowest BCUT2D eigenvalue weighted by Crippen LogP contribution is -2.28. The fourth-order valence-electron chi connectivity index (χ4n) is 1.24. The molecule has 0 spiro atoms. The zero-order valence-electron chi connectivity index (χ0n) is 9.55. The van der Waals surface area contributed by atoms with Crippen LogP contribution < -0.4 is 0 Å². The van der Waals surface area contributed by atoms with E-state index in [0.29, 0.717) is 6.54 Å². The molecule has 1 amide bonds. The summed E-state index contributed by atoms with van der Waals surface area (Å²) in [6.07, 6.45) is 3.47. The Kier molecular flexibility index (Phi) is 4.84. The standard InChI is InChI=1S/C11H14N2O3S/c1-3-4-5-6-13(2)10(14)8-7-17-9(12-8)11(15)16/h3,7H,1,4-6H2,2H3,(H,15,16). The maximum atomic E-state index is 11.8. The van der Waals surface area contributed by atoms with E-state index in [1.54, 1.807) is 13.1 Å². The van der Waals surface area contributed by atoms with Gasteiger partial charge in [-0.05, 0) is 12.8 Å². The van der Waals surface area contributed by atoms with E-state index in [4.69, 9.17) is 5.11 Å². The molecular formula is C11H14N2O3S. The normalized spacial score (nSPS) is 9.94. The molecule has 1 heterocycles. The lowest BCUT2D eigenvalue weighted by Gasteiger charge is -2.14. The molecule has 0 unspecified atom stereocenters. The van der Waals surface area contributed by atoms with E-state index in [0.717, 1.165) is 24.2 Å². The van der Waals surface area contributed by atoms with Crippen LogP contribution in [0.4, 0.5) is 0 Å². The number of carboxylic acids is 1. The molecular weight excluding hydrogens is 240 g/mol. The minimum absolute atomic E-state index is 0.0622. The van der Waals surface area contributed by atoms with Gasteiger partial charge in [0.1, 0.15) is 5.69 Å². The Labute approximate surface area is 103 Å². The van der Waals surface area contributed by atoms with Gasteiger partial charge in [0, 0.05) is 19.0 Å². The van der Waals surface area contributed by atoms with Crippen LogP contribution in [0.3, 0.4) is 0 Å². The number of nitrogens with zero attached hydrogens (tertiary/aromatic N) is 2. The van der Waals surface area contributed by atoms with E-state index in [-0.39, 0.29) is 16.6 Å². The van der Waals surface area contributed by atoms with Gasteiger partial charge in [0.25, 0.3) is 5.91 Å². The Morgan fingerprint density at radius 2 is 2.35 bits per heavy atom. The number of carbonyl (C=O) groups excluding carboxylic acids is 1. The SMILES string of the molecule is C=CCCCN(C)C(=O)c1csc(C(=O)O)n1. The minimum Gasteiger partial charge on any atom is -0.476 e. The van der Waals surface area contributed by atoms with Gasteiger partial charge < -0.3 is 10.0 Å². The van der Waals surface area contributed by atoms with Crippen molar-refractivity contribution in [2.75, 3.05) is 13.6 Å². The van der Waals surface area contributed by atoms with Crippen LogP contribution in [-0.4, -0.2) is 40.5 Å². The molecule has 1 aromatic heterocycles. The molecule has 1 rings (SSSR count). The van der Waals surface area contributed by atoms with E-state index in [1.165, 1.54) is 10.3 Å². The van der Waals surface area contributed by atoms with E-state index >= 15 is 0 Å². The van der Waals surface area contributed by atoms with Gasteiger partial charge in [-0.25, -0.2) is 9.78 Å². The Balaban J connectivity index is 2.61. The van der Waals surface area contributed by atoms with Crippen LogP contribution in [0.2, 0.25) is 0 Å². The van der Waals surface area contributed by atoms with Crippen molar-refractivity contribution in [3.05, 3.63) is 28.7 Å². The number of hydrogen-bond donors (Lipinski definition) is 1. The van der Waals surface area contributed by atoms with Gasteiger partial charge in [0.2, 0.25) is 5.01 Å². The number of rotatable bonds is 6. The number of thiazole rings is 1. The summed E-state index contributed by atoms with van der Waals surface area (Å²) in [5.41, 5.74) is 0.188. The quantitative estimate of drug-likeness (QED) is 0.621. The summed E-state index contributed by atoms with van der Waals surface area (Å²) in [7, 11) is 1.67.